The second-order valence-corrected chi connectivity index (χ2v) is 10.6. The summed E-state index contributed by atoms with van der Waals surface area (Å²) in [4.78, 5) is 33.6. The van der Waals surface area contributed by atoms with Crippen molar-refractivity contribution in [3.8, 4) is 0 Å². The van der Waals surface area contributed by atoms with E-state index in [-0.39, 0.29) is 12.1 Å². The molecule has 0 aliphatic heterocycles. The summed E-state index contributed by atoms with van der Waals surface area (Å²) in [6, 6.07) is 15.2. The van der Waals surface area contributed by atoms with Crippen molar-refractivity contribution in [2.45, 2.75) is 25.7 Å². The standard InChI is InChI=1S/C24H26N6O2S2/c31-21(29-23-27-17-8-1-3-10-19(17)33-23)25-13-15-6-5-7-16(12-15)14-26-22(32)30-24-28-18-9-2-4-11-20(18)34-24/h1-4,8-11,15-16H,5-7,12-14H2,(H2,25,27,29,31)(H2,26,28,30,32)/t15-,16-/m0/s1. The Bertz CT molecular complexity index is 1140. The molecule has 8 nitrogen and oxygen atoms in total. The highest BCUT2D eigenvalue weighted by atomic mass is 32.1. The van der Waals surface area contributed by atoms with Crippen LogP contribution in [-0.2, 0) is 0 Å². The van der Waals surface area contributed by atoms with Gasteiger partial charge in [0, 0.05) is 13.1 Å². The third kappa shape index (κ3) is 5.63. The molecule has 1 aliphatic carbocycles. The van der Waals surface area contributed by atoms with Crippen LogP contribution in [0.1, 0.15) is 25.7 Å². The van der Waals surface area contributed by atoms with Crippen LogP contribution in [0.15, 0.2) is 48.5 Å². The second kappa shape index (κ2) is 10.4. The minimum atomic E-state index is -0.227. The molecule has 2 heterocycles. The predicted molar refractivity (Wildman–Crippen MR) is 139 cm³/mol. The Morgan fingerprint density at radius 3 is 1.71 bits per heavy atom. The lowest BCUT2D eigenvalue weighted by molar-refractivity contribution is 0.230. The smallest absolute Gasteiger partial charge is 0.321 e. The summed E-state index contributed by atoms with van der Waals surface area (Å²) >= 11 is 2.93. The van der Waals surface area contributed by atoms with Gasteiger partial charge in [0.2, 0.25) is 0 Å². The molecular formula is C24H26N6O2S2. The lowest BCUT2D eigenvalue weighted by Gasteiger charge is -2.29. The number of carbonyl (C=O) groups excluding carboxylic acids is 2. The van der Waals surface area contributed by atoms with Gasteiger partial charge in [-0.2, -0.15) is 0 Å². The number of nitrogens with zero attached hydrogens (tertiary/aromatic N) is 2. The Morgan fingerprint density at radius 2 is 1.24 bits per heavy atom. The predicted octanol–water partition coefficient (Wildman–Crippen LogP) is 5.66. The molecule has 4 N–H and O–H groups in total. The van der Waals surface area contributed by atoms with Crippen molar-refractivity contribution in [3.63, 3.8) is 0 Å². The van der Waals surface area contributed by atoms with Gasteiger partial charge in [-0.05, 0) is 55.4 Å². The first-order chi connectivity index (χ1) is 16.6. The molecule has 10 heteroatoms. The third-order valence-electron chi connectivity index (χ3n) is 6.02. The highest BCUT2D eigenvalue weighted by molar-refractivity contribution is 7.22. The zero-order valence-electron chi connectivity index (χ0n) is 18.5. The van der Waals surface area contributed by atoms with Crippen LogP contribution in [0.25, 0.3) is 20.4 Å². The number of amides is 4. The number of urea groups is 2. The van der Waals surface area contributed by atoms with E-state index in [1.165, 1.54) is 22.7 Å². The number of carbonyl (C=O) groups is 2. The second-order valence-electron chi connectivity index (χ2n) is 8.54. The number of hydrogen-bond acceptors (Lipinski definition) is 6. The zero-order chi connectivity index (χ0) is 23.3. The molecule has 5 rings (SSSR count). The van der Waals surface area contributed by atoms with Crippen molar-refractivity contribution in [2.75, 3.05) is 23.7 Å². The van der Waals surface area contributed by atoms with Crippen molar-refractivity contribution < 1.29 is 9.59 Å². The average Bonchev–Trinajstić information content (AvgIpc) is 3.44. The van der Waals surface area contributed by atoms with E-state index in [0.717, 1.165) is 46.1 Å². The Hall–Kier alpha value is -3.24. The number of benzene rings is 2. The van der Waals surface area contributed by atoms with E-state index in [9.17, 15) is 9.59 Å². The Labute approximate surface area is 205 Å². The van der Waals surface area contributed by atoms with Crippen molar-refractivity contribution in [2.24, 2.45) is 11.8 Å². The van der Waals surface area contributed by atoms with E-state index in [4.69, 9.17) is 0 Å². The van der Waals surface area contributed by atoms with Gasteiger partial charge >= 0.3 is 12.1 Å². The van der Waals surface area contributed by atoms with Crippen molar-refractivity contribution in [1.82, 2.24) is 20.6 Å². The third-order valence-corrected chi connectivity index (χ3v) is 7.93. The molecule has 0 radical (unpaired) electrons. The maximum atomic E-state index is 12.3. The minimum absolute atomic E-state index is 0.227. The number of anilines is 2. The summed E-state index contributed by atoms with van der Waals surface area (Å²) in [6.45, 7) is 1.23. The number of aromatic nitrogens is 2. The number of thiazole rings is 2. The Morgan fingerprint density at radius 1 is 0.765 bits per heavy atom. The molecule has 1 aliphatic rings. The molecule has 4 aromatic rings. The van der Waals surface area contributed by atoms with Crippen LogP contribution in [0.4, 0.5) is 19.9 Å². The number of rotatable bonds is 6. The van der Waals surface area contributed by atoms with E-state index >= 15 is 0 Å². The summed E-state index contributed by atoms with van der Waals surface area (Å²) in [7, 11) is 0. The first kappa shape index (κ1) is 22.5. The largest absolute Gasteiger partial charge is 0.338 e. The van der Waals surface area contributed by atoms with Gasteiger partial charge in [-0.3, -0.25) is 10.6 Å². The number of nitrogens with one attached hydrogen (secondary N) is 4. The van der Waals surface area contributed by atoms with Gasteiger partial charge in [-0.1, -0.05) is 53.4 Å². The molecule has 2 aromatic heterocycles. The van der Waals surface area contributed by atoms with Gasteiger partial charge in [0.25, 0.3) is 0 Å². The van der Waals surface area contributed by atoms with E-state index in [1.54, 1.807) is 0 Å². The summed E-state index contributed by atoms with van der Waals surface area (Å²) in [5, 5.41) is 12.9. The van der Waals surface area contributed by atoms with Crippen LogP contribution in [0.5, 0.6) is 0 Å². The lowest BCUT2D eigenvalue weighted by Crippen LogP contribution is -2.38. The van der Waals surface area contributed by atoms with Gasteiger partial charge in [0.1, 0.15) is 0 Å². The van der Waals surface area contributed by atoms with Gasteiger partial charge in [-0.15, -0.1) is 0 Å². The van der Waals surface area contributed by atoms with Crippen LogP contribution in [0.2, 0.25) is 0 Å². The molecule has 0 bridgehead atoms. The van der Waals surface area contributed by atoms with E-state index in [2.05, 4.69) is 31.2 Å². The highest BCUT2D eigenvalue weighted by Crippen LogP contribution is 2.29. The summed E-state index contributed by atoms with van der Waals surface area (Å²) in [6.07, 6.45) is 4.23. The quantitative estimate of drug-likeness (QED) is 0.277. The van der Waals surface area contributed by atoms with Crippen LogP contribution in [0, 0.1) is 11.8 Å². The monoisotopic (exact) mass is 494 g/mol. The topological polar surface area (TPSA) is 108 Å². The molecule has 0 unspecified atom stereocenters. The first-order valence-electron chi connectivity index (χ1n) is 11.4. The summed E-state index contributed by atoms with van der Waals surface area (Å²) < 4.78 is 2.10. The first-order valence-corrected chi connectivity index (χ1v) is 13.1. The fraction of sp³-hybridized carbons (Fsp3) is 0.333. The number of hydrogen-bond donors (Lipinski definition) is 4. The summed E-state index contributed by atoms with van der Waals surface area (Å²) in [5.74, 6) is 0.794. The lowest BCUT2D eigenvalue weighted by atomic mass is 9.81. The molecular weight excluding hydrogens is 468 g/mol. The maximum absolute atomic E-state index is 12.3. The fourth-order valence-corrected chi connectivity index (χ4v) is 6.10. The highest BCUT2D eigenvalue weighted by Gasteiger charge is 2.23. The molecule has 176 valence electrons. The molecule has 0 spiro atoms. The van der Waals surface area contributed by atoms with E-state index in [0.29, 0.717) is 35.2 Å². The molecule has 34 heavy (non-hydrogen) atoms. The van der Waals surface area contributed by atoms with Gasteiger partial charge in [-0.25, -0.2) is 19.6 Å². The van der Waals surface area contributed by atoms with Crippen molar-refractivity contribution >= 4 is 65.4 Å². The van der Waals surface area contributed by atoms with Gasteiger partial charge in [0.05, 0.1) is 20.4 Å². The van der Waals surface area contributed by atoms with Crippen molar-refractivity contribution in [3.05, 3.63) is 48.5 Å². The average molecular weight is 495 g/mol. The molecule has 1 fully saturated rings. The summed E-state index contributed by atoms with van der Waals surface area (Å²) in [5.41, 5.74) is 1.77. The maximum Gasteiger partial charge on any atom is 0.321 e. The van der Waals surface area contributed by atoms with Crippen LogP contribution in [-0.4, -0.2) is 35.1 Å². The van der Waals surface area contributed by atoms with Crippen LogP contribution < -0.4 is 21.3 Å². The van der Waals surface area contributed by atoms with Gasteiger partial charge < -0.3 is 10.6 Å². The van der Waals surface area contributed by atoms with Crippen LogP contribution >= 0.6 is 22.7 Å². The SMILES string of the molecule is O=C(NC[C@H]1CCC[C@H](CNC(=O)Nc2nc3ccccc3s2)C1)Nc1nc2ccccc2s1. The van der Waals surface area contributed by atoms with Crippen LogP contribution in [0.3, 0.4) is 0 Å². The molecule has 1 saturated carbocycles. The molecule has 4 amide bonds. The number of para-hydroxylation sites is 2. The Balaban J connectivity index is 1.04. The Kier molecular flexibility index (Phi) is 6.87. The zero-order valence-corrected chi connectivity index (χ0v) is 20.2. The molecule has 2 aromatic carbocycles. The number of fused-ring (bicyclic) bond motifs is 2. The molecule has 0 saturated heterocycles. The van der Waals surface area contributed by atoms with E-state index < -0.39 is 0 Å². The normalized spacial score (nSPS) is 18.0. The fourth-order valence-electron chi connectivity index (χ4n) is 4.38. The molecule has 2 atom stereocenters. The minimum Gasteiger partial charge on any atom is -0.338 e. The van der Waals surface area contributed by atoms with Gasteiger partial charge in [0.15, 0.2) is 10.3 Å². The van der Waals surface area contributed by atoms with Crippen molar-refractivity contribution in [1.29, 1.82) is 0 Å². The van der Waals surface area contributed by atoms with E-state index in [1.807, 2.05) is 48.5 Å².